The summed E-state index contributed by atoms with van der Waals surface area (Å²) in [6, 6.07) is 15.5. The number of thiazole rings is 1. The van der Waals surface area contributed by atoms with Crippen molar-refractivity contribution < 1.29 is 15.1 Å². The first-order valence-corrected chi connectivity index (χ1v) is 11.6. The zero-order valence-electron chi connectivity index (χ0n) is 17.6. The number of nitrogens with zero attached hydrogens (tertiary/aromatic N) is 2. The smallest absolute Gasteiger partial charge is 0.352 e. The Bertz CT molecular complexity index is 1090. The molecule has 0 spiro atoms. The molecule has 3 aromatic rings. The Hall–Kier alpha value is -3.23. The second kappa shape index (κ2) is 10.4. The van der Waals surface area contributed by atoms with Gasteiger partial charge in [0.05, 0.1) is 11.4 Å². The highest BCUT2D eigenvalue weighted by atomic mass is 32.1. The van der Waals surface area contributed by atoms with Crippen molar-refractivity contribution in [3.8, 4) is 11.3 Å². The van der Waals surface area contributed by atoms with Gasteiger partial charge in [0.15, 0.2) is 0 Å². The molecule has 4 N–H and O–H groups in total. The molecule has 0 aliphatic heterocycles. The average Bonchev–Trinajstić information content (AvgIpc) is 3.31. The molecular weight excluding hydrogens is 424 g/mol. The monoisotopic (exact) mass is 450 g/mol. The van der Waals surface area contributed by atoms with E-state index < -0.39 is 5.97 Å². The van der Waals surface area contributed by atoms with E-state index >= 15 is 0 Å². The molecule has 1 fully saturated rings. The first kappa shape index (κ1) is 22.0. The lowest BCUT2D eigenvalue weighted by molar-refractivity contribution is -0.129. The highest BCUT2D eigenvalue weighted by Crippen LogP contribution is 2.34. The molecule has 1 aliphatic rings. The normalized spacial score (nSPS) is 14.8. The van der Waals surface area contributed by atoms with Gasteiger partial charge < -0.3 is 5.11 Å². The molecule has 0 unspecified atom stereocenters. The standard InChI is InChI=1S/C24H26N4O3S/c29-23(30)21(14-19-8-4-5-9-20(19)28-31)26-27-24-25-22(15-32-24)18-12-10-17(11-13-18)16-6-2-1-3-7-16/h4-5,8-13,15-16,28,31H,1-3,6-7,14H2,(H,25,27)(H,29,30)/b26-21+. The molecule has 1 saturated carbocycles. The molecule has 1 aliphatic carbocycles. The molecule has 1 heterocycles. The van der Waals surface area contributed by atoms with Crippen molar-refractivity contribution in [2.45, 2.75) is 44.4 Å². The van der Waals surface area contributed by atoms with Crippen molar-refractivity contribution in [2.75, 3.05) is 10.9 Å². The minimum absolute atomic E-state index is 0.0485. The van der Waals surface area contributed by atoms with Crippen molar-refractivity contribution in [1.82, 2.24) is 4.98 Å². The first-order chi connectivity index (χ1) is 15.6. The van der Waals surface area contributed by atoms with Gasteiger partial charge in [-0.15, -0.1) is 11.3 Å². The van der Waals surface area contributed by atoms with Gasteiger partial charge >= 0.3 is 5.97 Å². The van der Waals surface area contributed by atoms with Crippen molar-refractivity contribution in [2.24, 2.45) is 5.10 Å². The lowest BCUT2D eigenvalue weighted by atomic mass is 9.84. The summed E-state index contributed by atoms with van der Waals surface area (Å²) < 4.78 is 0. The van der Waals surface area contributed by atoms with Crippen LogP contribution in [0.1, 0.15) is 49.1 Å². The second-order valence-electron chi connectivity index (χ2n) is 7.92. The summed E-state index contributed by atoms with van der Waals surface area (Å²) in [5.41, 5.74) is 9.08. The Kier molecular flexibility index (Phi) is 7.14. The van der Waals surface area contributed by atoms with E-state index in [4.69, 9.17) is 0 Å². The second-order valence-corrected chi connectivity index (χ2v) is 8.77. The Morgan fingerprint density at radius 2 is 1.84 bits per heavy atom. The van der Waals surface area contributed by atoms with Crippen molar-refractivity contribution in [1.29, 1.82) is 0 Å². The minimum atomic E-state index is -1.14. The third kappa shape index (κ3) is 5.33. The molecule has 0 bridgehead atoms. The van der Waals surface area contributed by atoms with Crippen molar-refractivity contribution in [3.63, 3.8) is 0 Å². The summed E-state index contributed by atoms with van der Waals surface area (Å²) in [7, 11) is 0. The fraction of sp³-hybridized carbons (Fsp3) is 0.292. The van der Waals surface area contributed by atoms with E-state index in [1.807, 2.05) is 5.38 Å². The number of aromatic nitrogens is 1. The van der Waals surface area contributed by atoms with Crippen LogP contribution in [0.3, 0.4) is 0 Å². The number of hydrogen-bond acceptors (Lipinski definition) is 7. The van der Waals surface area contributed by atoms with Gasteiger partial charge in [0.2, 0.25) is 5.13 Å². The summed E-state index contributed by atoms with van der Waals surface area (Å²) in [6.07, 6.45) is 6.57. The number of anilines is 2. The maximum Gasteiger partial charge on any atom is 0.352 e. The van der Waals surface area contributed by atoms with Crippen molar-refractivity contribution in [3.05, 3.63) is 65.0 Å². The van der Waals surface area contributed by atoms with Crippen LogP contribution in [0.25, 0.3) is 11.3 Å². The summed E-state index contributed by atoms with van der Waals surface area (Å²) in [6.45, 7) is 0. The zero-order chi connectivity index (χ0) is 22.3. The quantitative estimate of drug-likeness (QED) is 0.257. The lowest BCUT2D eigenvalue weighted by Gasteiger charge is -2.22. The third-order valence-electron chi connectivity index (χ3n) is 5.82. The Labute approximate surface area is 190 Å². The maximum atomic E-state index is 11.6. The van der Waals surface area contributed by atoms with E-state index in [2.05, 4.69) is 45.3 Å². The van der Waals surface area contributed by atoms with Gasteiger partial charge in [-0.2, -0.15) is 5.10 Å². The number of carboxylic acids is 1. The summed E-state index contributed by atoms with van der Waals surface area (Å²) >= 11 is 1.37. The minimum Gasteiger partial charge on any atom is -0.477 e. The van der Waals surface area contributed by atoms with Gasteiger partial charge in [-0.25, -0.2) is 9.78 Å². The van der Waals surface area contributed by atoms with Crippen LogP contribution in [-0.4, -0.2) is 27.0 Å². The number of para-hydroxylation sites is 1. The molecule has 1 aromatic heterocycles. The molecule has 0 amide bonds. The summed E-state index contributed by atoms with van der Waals surface area (Å²) in [5.74, 6) is -0.472. The van der Waals surface area contributed by atoms with Crippen LogP contribution in [0.2, 0.25) is 0 Å². The van der Waals surface area contributed by atoms with Crippen LogP contribution in [-0.2, 0) is 11.2 Å². The molecule has 8 heteroatoms. The number of carbonyl (C=O) groups is 1. The summed E-state index contributed by atoms with van der Waals surface area (Å²) in [4.78, 5) is 16.2. The molecule has 32 heavy (non-hydrogen) atoms. The average molecular weight is 451 g/mol. The molecule has 7 nitrogen and oxygen atoms in total. The van der Waals surface area contributed by atoms with E-state index in [1.54, 1.807) is 24.3 Å². The Morgan fingerprint density at radius 3 is 2.56 bits per heavy atom. The van der Waals surface area contributed by atoms with Gasteiger partial charge in [-0.3, -0.25) is 16.1 Å². The predicted molar refractivity (Wildman–Crippen MR) is 128 cm³/mol. The van der Waals surface area contributed by atoms with Gasteiger partial charge in [0.25, 0.3) is 0 Å². The van der Waals surface area contributed by atoms with Gasteiger partial charge in [0, 0.05) is 17.4 Å². The van der Waals surface area contributed by atoms with Gasteiger partial charge in [-0.1, -0.05) is 61.7 Å². The van der Waals surface area contributed by atoms with E-state index in [-0.39, 0.29) is 12.1 Å². The van der Waals surface area contributed by atoms with Crippen LogP contribution < -0.4 is 10.9 Å². The lowest BCUT2D eigenvalue weighted by Crippen LogP contribution is -2.18. The zero-order valence-corrected chi connectivity index (χ0v) is 18.4. The largest absolute Gasteiger partial charge is 0.477 e. The molecule has 166 valence electrons. The number of hydrogen-bond donors (Lipinski definition) is 4. The first-order valence-electron chi connectivity index (χ1n) is 10.7. The number of benzene rings is 2. The molecule has 0 saturated heterocycles. The van der Waals surface area contributed by atoms with Crippen LogP contribution in [0, 0.1) is 0 Å². The number of nitrogens with one attached hydrogen (secondary N) is 2. The van der Waals surface area contributed by atoms with Crippen LogP contribution >= 0.6 is 11.3 Å². The maximum absolute atomic E-state index is 11.6. The van der Waals surface area contributed by atoms with Crippen LogP contribution in [0.4, 0.5) is 10.8 Å². The van der Waals surface area contributed by atoms with E-state index in [0.717, 1.165) is 11.3 Å². The fourth-order valence-electron chi connectivity index (χ4n) is 4.06. The molecule has 4 rings (SSSR count). The number of aliphatic carboxylic acids is 1. The van der Waals surface area contributed by atoms with Crippen LogP contribution in [0.15, 0.2) is 59.0 Å². The third-order valence-corrected chi connectivity index (χ3v) is 6.56. The number of rotatable bonds is 8. The van der Waals surface area contributed by atoms with Gasteiger partial charge in [0.1, 0.15) is 5.71 Å². The van der Waals surface area contributed by atoms with E-state index in [1.165, 1.54) is 49.0 Å². The highest BCUT2D eigenvalue weighted by molar-refractivity contribution is 7.14. The number of hydrazone groups is 1. The van der Waals surface area contributed by atoms with Crippen LogP contribution in [0.5, 0.6) is 0 Å². The Balaban J connectivity index is 1.44. The SMILES string of the molecule is O=C(O)/C(Cc1ccccc1NO)=N/Nc1nc(-c2ccc(C3CCCCC3)cc2)cs1. The summed E-state index contributed by atoms with van der Waals surface area (Å²) in [5, 5.41) is 25.2. The topological polar surface area (TPSA) is 107 Å². The predicted octanol–water partition coefficient (Wildman–Crippen LogP) is 5.75. The number of carboxylic acid groups (broad SMARTS) is 1. The Morgan fingerprint density at radius 1 is 1.09 bits per heavy atom. The molecule has 0 atom stereocenters. The molecule has 0 radical (unpaired) electrons. The molecule has 2 aromatic carbocycles. The fourth-order valence-corrected chi connectivity index (χ4v) is 4.72. The van der Waals surface area contributed by atoms with E-state index in [0.29, 0.717) is 22.3 Å². The van der Waals surface area contributed by atoms with E-state index in [9.17, 15) is 15.1 Å². The highest BCUT2D eigenvalue weighted by Gasteiger charge is 2.16. The van der Waals surface area contributed by atoms with Crippen molar-refractivity contribution >= 4 is 33.8 Å². The van der Waals surface area contributed by atoms with Gasteiger partial charge in [-0.05, 0) is 36.0 Å². The molecular formula is C24H26N4O3S.